The Labute approximate surface area is 97.1 Å². The smallest absolute Gasteiger partial charge is 0.307 e. The van der Waals surface area contributed by atoms with E-state index in [1.807, 2.05) is 0 Å². The molecule has 1 unspecified atom stereocenters. The van der Waals surface area contributed by atoms with Crippen LogP contribution in [-0.4, -0.2) is 11.1 Å². The Balaban J connectivity index is 3.01. The summed E-state index contributed by atoms with van der Waals surface area (Å²) >= 11 is 0. The van der Waals surface area contributed by atoms with Crippen molar-refractivity contribution in [3.05, 3.63) is 35.1 Å². The van der Waals surface area contributed by atoms with Crippen molar-refractivity contribution in [1.29, 1.82) is 0 Å². The lowest BCUT2D eigenvalue weighted by atomic mass is 9.89. The molecule has 0 aromatic heterocycles. The van der Waals surface area contributed by atoms with Crippen molar-refractivity contribution in [1.82, 2.24) is 0 Å². The Hall–Kier alpha value is -1.52. The molecule has 0 heterocycles. The van der Waals surface area contributed by atoms with Gasteiger partial charge in [0.25, 0.3) is 0 Å². The van der Waals surface area contributed by atoms with Gasteiger partial charge in [-0.05, 0) is 24.0 Å². The second-order valence-corrected chi connectivity index (χ2v) is 4.25. The molecule has 0 fully saturated rings. The van der Waals surface area contributed by atoms with Crippen LogP contribution < -0.4 is 0 Å². The van der Waals surface area contributed by atoms with E-state index in [4.69, 9.17) is 5.11 Å². The average Bonchev–Trinajstić information content (AvgIpc) is 2.20. The van der Waals surface area contributed by atoms with Crippen LogP contribution in [0.15, 0.2) is 12.1 Å². The second-order valence-electron chi connectivity index (χ2n) is 4.25. The first-order valence-electron chi connectivity index (χ1n) is 5.19. The van der Waals surface area contributed by atoms with Gasteiger partial charge >= 0.3 is 5.97 Å². The molecular weight excluding hydrogens is 233 g/mol. The molecule has 1 N–H and O–H groups in total. The number of aliphatic carboxylic acids is 1. The number of carbonyl (C=O) groups is 1. The number of halogens is 3. The van der Waals surface area contributed by atoms with Gasteiger partial charge in [0.2, 0.25) is 0 Å². The number of carboxylic acids is 1. The minimum atomic E-state index is -1.28. The average molecular weight is 246 g/mol. The summed E-state index contributed by atoms with van der Waals surface area (Å²) in [5, 5.41) is 8.93. The molecule has 0 radical (unpaired) electrons. The van der Waals surface area contributed by atoms with E-state index in [9.17, 15) is 18.0 Å². The number of benzene rings is 1. The molecule has 0 spiro atoms. The van der Waals surface area contributed by atoms with Gasteiger partial charge in [-0.15, -0.1) is 0 Å². The van der Waals surface area contributed by atoms with Crippen LogP contribution in [0.5, 0.6) is 0 Å². The maximum atomic E-state index is 13.3. The zero-order chi connectivity index (χ0) is 13.2. The number of hydrogen-bond acceptors (Lipinski definition) is 1. The Morgan fingerprint density at radius 2 is 1.71 bits per heavy atom. The van der Waals surface area contributed by atoms with E-state index in [-0.39, 0.29) is 17.9 Å². The molecule has 1 atom stereocenters. The van der Waals surface area contributed by atoms with Gasteiger partial charge in [0.05, 0.1) is 5.92 Å². The standard InChI is InChI=1S/C12H13F3O2/c1-6(2)8(12(16)17)3-7-4-10(14)11(15)5-9(7)13/h4-6,8H,3H2,1-2H3,(H,16,17). The first-order chi connectivity index (χ1) is 7.82. The third-order valence-corrected chi connectivity index (χ3v) is 2.65. The highest BCUT2D eigenvalue weighted by molar-refractivity contribution is 5.70. The zero-order valence-corrected chi connectivity index (χ0v) is 9.51. The van der Waals surface area contributed by atoms with Crippen LogP contribution in [0.4, 0.5) is 13.2 Å². The maximum absolute atomic E-state index is 13.3. The molecule has 0 bridgehead atoms. The fraction of sp³-hybridized carbons (Fsp3) is 0.417. The summed E-state index contributed by atoms with van der Waals surface area (Å²) < 4.78 is 38.9. The van der Waals surface area contributed by atoms with Gasteiger partial charge < -0.3 is 5.11 Å². The molecule has 1 rings (SSSR count). The normalized spacial score (nSPS) is 12.8. The lowest BCUT2D eigenvalue weighted by molar-refractivity contribution is -0.143. The zero-order valence-electron chi connectivity index (χ0n) is 9.51. The summed E-state index contributed by atoms with van der Waals surface area (Å²) in [6.45, 7) is 3.35. The van der Waals surface area contributed by atoms with Gasteiger partial charge in [0.15, 0.2) is 11.6 Å². The van der Waals surface area contributed by atoms with Crippen LogP contribution >= 0.6 is 0 Å². The Morgan fingerprint density at radius 3 is 2.18 bits per heavy atom. The third kappa shape index (κ3) is 3.22. The summed E-state index contributed by atoms with van der Waals surface area (Å²) in [5.41, 5.74) is -0.120. The van der Waals surface area contributed by atoms with E-state index in [1.54, 1.807) is 13.8 Å². The van der Waals surface area contributed by atoms with Gasteiger partial charge in [-0.3, -0.25) is 4.79 Å². The molecule has 0 aliphatic heterocycles. The Morgan fingerprint density at radius 1 is 1.18 bits per heavy atom. The Kier molecular flexibility index (Phi) is 4.15. The van der Waals surface area contributed by atoms with Gasteiger partial charge in [-0.25, -0.2) is 13.2 Å². The van der Waals surface area contributed by atoms with Crippen molar-refractivity contribution in [3.63, 3.8) is 0 Å². The predicted octanol–water partition coefficient (Wildman–Crippen LogP) is 3.00. The van der Waals surface area contributed by atoms with E-state index in [0.29, 0.717) is 12.1 Å². The summed E-state index contributed by atoms with van der Waals surface area (Å²) in [5.74, 6) is -5.49. The molecule has 2 nitrogen and oxygen atoms in total. The van der Waals surface area contributed by atoms with Crippen molar-refractivity contribution in [2.45, 2.75) is 20.3 Å². The summed E-state index contributed by atoms with van der Waals surface area (Å²) in [7, 11) is 0. The van der Waals surface area contributed by atoms with Crippen molar-refractivity contribution in [2.75, 3.05) is 0 Å². The third-order valence-electron chi connectivity index (χ3n) is 2.65. The molecule has 0 aliphatic rings. The first kappa shape index (κ1) is 13.5. The summed E-state index contributed by atoms with van der Waals surface area (Å²) in [6, 6.07) is 1.15. The fourth-order valence-electron chi connectivity index (χ4n) is 1.57. The predicted molar refractivity (Wildman–Crippen MR) is 56.0 cm³/mol. The monoisotopic (exact) mass is 246 g/mol. The van der Waals surface area contributed by atoms with E-state index in [0.717, 1.165) is 0 Å². The number of carboxylic acid groups (broad SMARTS) is 1. The van der Waals surface area contributed by atoms with E-state index in [2.05, 4.69) is 0 Å². The van der Waals surface area contributed by atoms with Crippen LogP contribution in [0.2, 0.25) is 0 Å². The fourth-order valence-corrected chi connectivity index (χ4v) is 1.57. The number of rotatable bonds is 4. The number of hydrogen-bond donors (Lipinski definition) is 1. The summed E-state index contributed by atoms with van der Waals surface area (Å²) in [6.07, 6.45) is -0.157. The van der Waals surface area contributed by atoms with Crippen LogP contribution in [0.25, 0.3) is 0 Å². The van der Waals surface area contributed by atoms with Crippen molar-refractivity contribution >= 4 is 5.97 Å². The largest absolute Gasteiger partial charge is 0.481 e. The van der Waals surface area contributed by atoms with Crippen molar-refractivity contribution in [3.8, 4) is 0 Å². The van der Waals surface area contributed by atoms with Crippen molar-refractivity contribution < 1.29 is 23.1 Å². The van der Waals surface area contributed by atoms with Gasteiger partial charge in [0.1, 0.15) is 5.82 Å². The van der Waals surface area contributed by atoms with Crippen LogP contribution in [0.3, 0.4) is 0 Å². The van der Waals surface area contributed by atoms with Gasteiger partial charge in [0, 0.05) is 6.07 Å². The lowest BCUT2D eigenvalue weighted by Crippen LogP contribution is -2.22. The molecule has 0 saturated carbocycles. The first-order valence-corrected chi connectivity index (χ1v) is 5.19. The summed E-state index contributed by atoms with van der Waals surface area (Å²) in [4.78, 5) is 10.9. The highest BCUT2D eigenvalue weighted by atomic mass is 19.2. The van der Waals surface area contributed by atoms with Gasteiger partial charge in [-0.2, -0.15) is 0 Å². The molecule has 0 amide bonds. The molecule has 1 aromatic rings. The van der Waals surface area contributed by atoms with Crippen LogP contribution in [-0.2, 0) is 11.2 Å². The molecule has 0 aliphatic carbocycles. The van der Waals surface area contributed by atoms with Crippen LogP contribution in [0, 0.1) is 29.3 Å². The SMILES string of the molecule is CC(C)C(Cc1cc(F)c(F)cc1F)C(=O)O. The van der Waals surface area contributed by atoms with E-state index < -0.39 is 29.3 Å². The van der Waals surface area contributed by atoms with E-state index in [1.165, 1.54) is 0 Å². The molecule has 0 saturated heterocycles. The minimum absolute atomic E-state index is 0.120. The highest BCUT2D eigenvalue weighted by Gasteiger charge is 2.24. The molecular formula is C12H13F3O2. The molecule has 1 aromatic carbocycles. The Bertz CT molecular complexity index is 430. The molecule has 17 heavy (non-hydrogen) atoms. The second kappa shape index (κ2) is 5.21. The van der Waals surface area contributed by atoms with Crippen LogP contribution in [0.1, 0.15) is 19.4 Å². The van der Waals surface area contributed by atoms with E-state index >= 15 is 0 Å². The quantitative estimate of drug-likeness (QED) is 0.829. The minimum Gasteiger partial charge on any atom is -0.481 e. The maximum Gasteiger partial charge on any atom is 0.307 e. The molecule has 94 valence electrons. The molecule has 5 heteroatoms. The highest BCUT2D eigenvalue weighted by Crippen LogP contribution is 2.21. The van der Waals surface area contributed by atoms with Gasteiger partial charge in [-0.1, -0.05) is 13.8 Å². The van der Waals surface area contributed by atoms with Crippen molar-refractivity contribution in [2.24, 2.45) is 11.8 Å². The topological polar surface area (TPSA) is 37.3 Å². The lowest BCUT2D eigenvalue weighted by Gasteiger charge is -2.16.